The Kier molecular flexibility index (Phi) is 4.27. The Bertz CT molecular complexity index is 1020. The van der Waals surface area contributed by atoms with Crippen LogP contribution in [0.2, 0.25) is 0 Å². The Morgan fingerprint density at radius 3 is 2.92 bits per heavy atom. The predicted octanol–water partition coefficient (Wildman–Crippen LogP) is 0.743. The molecule has 0 bridgehead atoms. The van der Waals surface area contributed by atoms with Crippen molar-refractivity contribution in [1.29, 1.82) is 0 Å². The van der Waals surface area contributed by atoms with Crippen LogP contribution in [-0.4, -0.2) is 51.7 Å². The van der Waals surface area contributed by atoms with Gasteiger partial charge in [0.15, 0.2) is 5.16 Å². The van der Waals surface area contributed by atoms with Gasteiger partial charge in [-0.05, 0) is 19.8 Å². The molecule has 0 atom stereocenters. The Balaban J connectivity index is 1.46. The molecule has 1 fully saturated rings. The number of amides is 1. The van der Waals surface area contributed by atoms with E-state index < -0.39 is 0 Å². The molecular formula is C16H19N7O2S. The number of hydrogen-bond donors (Lipinski definition) is 1. The summed E-state index contributed by atoms with van der Waals surface area (Å²) in [6, 6.07) is 1.73. The second-order valence-corrected chi connectivity index (χ2v) is 7.36. The fraction of sp³-hybridized carbons (Fsp3) is 0.438. The van der Waals surface area contributed by atoms with Crippen molar-refractivity contribution in [3.63, 3.8) is 0 Å². The molecule has 1 aliphatic carbocycles. The highest BCUT2D eigenvalue weighted by molar-refractivity contribution is 7.99. The van der Waals surface area contributed by atoms with Crippen LogP contribution in [0.3, 0.4) is 0 Å². The summed E-state index contributed by atoms with van der Waals surface area (Å²) >= 11 is 1.27. The first-order valence-corrected chi connectivity index (χ1v) is 9.35. The number of rotatable bonds is 6. The van der Waals surface area contributed by atoms with Crippen LogP contribution < -0.4 is 5.56 Å². The minimum Gasteiger partial charge on any atom is -0.337 e. The van der Waals surface area contributed by atoms with Crippen LogP contribution in [0.1, 0.15) is 24.4 Å². The van der Waals surface area contributed by atoms with Crippen molar-refractivity contribution in [3.8, 4) is 0 Å². The third kappa shape index (κ3) is 3.36. The summed E-state index contributed by atoms with van der Waals surface area (Å²) in [5, 5.41) is 3.39. The van der Waals surface area contributed by atoms with Gasteiger partial charge in [0.2, 0.25) is 5.91 Å². The number of thioether (sulfide) groups is 1. The molecule has 0 spiro atoms. The van der Waals surface area contributed by atoms with Gasteiger partial charge in [0.05, 0.1) is 12.3 Å². The van der Waals surface area contributed by atoms with Crippen molar-refractivity contribution in [3.05, 3.63) is 40.3 Å². The van der Waals surface area contributed by atoms with E-state index in [4.69, 9.17) is 0 Å². The van der Waals surface area contributed by atoms with Crippen molar-refractivity contribution >= 4 is 23.4 Å². The lowest BCUT2D eigenvalue weighted by atomic mass is 10.4. The summed E-state index contributed by atoms with van der Waals surface area (Å²) < 4.78 is 3.21. The highest BCUT2D eigenvalue weighted by Gasteiger charge is 2.33. The Hall–Kier alpha value is -2.62. The average Bonchev–Trinajstić information content (AvgIpc) is 3.22. The minimum atomic E-state index is -0.215. The van der Waals surface area contributed by atoms with Gasteiger partial charge in [-0.1, -0.05) is 11.8 Å². The highest BCUT2D eigenvalue weighted by atomic mass is 32.2. The van der Waals surface area contributed by atoms with Crippen LogP contribution in [-0.2, 0) is 18.4 Å². The first-order valence-electron chi connectivity index (χ1n) is 8.36. The molecular weight excluding hydrogens is 354 g/mol. The Morgan fingerprint density at radius 2 is 2.23 bits per heavy atom. The second-order valence-electron chi connectivity index (χ2n) is 6.40. The van der Waals surface area contributed by atoms with Gasteiger partial charge in [-0.15, -0.1) is 0 Å². The molecule has 0 saturated heterocycles. The van der Waals surface area contributed by atoms with Crippen LogP contribution in [0.15, 0.2) is 28.4 Å². The van der Waals surface area contributed by atoms with E-state index in [0.29, 0.717) is 29.2 Å². The molecule has 1 N–H and O–H groups in total. The maximum Gasteiger partial charge on any atom is 0.274 e. The number of aromatic amines is 1. The average molecular weight is 373 g/mol. The highest BCUT2D eigenvalue weighted by Crippen LogP contribution is 2.29. The van der Waals surface area contributed by atoms with E-state index in [1.54, 1.807) is 13.1 Å². The van der Waals surface area contributed by atoms with E-state index in [0.717, 1.165) is 18.7 Å². The maximum atomic E-state index is 12.7. The van der Waals surface area contributed by atoms with E-state index >= 15 is 0 Å². The van der Waals surface area contributed by atoms with Gasteiger partial charge < -0.3 is 9.47 Å². The number of imidazole rings is 1. The summed E-state index contributed by atoms with van der Waals surface area (Å²) in [7, 11) is 1.92. The number of fused-ring (bicyclic) bond motifs is 1. The van der Waals surface area contributed by atoms with E-state index in [1.807, 2.05) is 22.7 Å². The van der Waals surface area contributed by atoms with Gasteiger partial charge in [0.1, 0.15) is 5.82 Å². The third-order valence-electron chi connectivity index (χ3n) is 4.31. The van der Waals surface area contributed by atoms with Crippen molar-refractivity contribution in [2.45, 2.75) is 37.5 Å². The van der Waals surface area contributed by atoms with Crippen LogP contribution in [0, 0.1) is 6.92 Å². The van der Waals surface area contributed by atoms with Crippen LogP contribution >= 0.6 is 11.8 Å². The van der Waals surface area contributed by atoms with Crippen molar-refractivity contribution in [2.24, 2.45) is 7.05 Å². The molecule has 3 heterocycles. The topological polar surface area (TPSA) is 101 Å². The molecule has 4 rings (SSSR count). The third-order valence-corrected chi connectivity index (χ3v) is 5.16. The van der Waals surface area contributed by atoms with Crippen molar-refractivity contribution in [1.82, 2.24) is 34.0 Å². The van der Waals surface area contributed by atoms with Gasteiger partial charge in [-0.25, -0.2) is 9.97 Å². The monoisotopic (exact) mass is 373 g/mol. The van der Waals surface area contributed by atoms with Gasteiger partial charge in [0.25, 0.3) is 11.3 Å². The van der Waals surface area contributed by atoms with E-state index in [9.17, 15) is 9.59 Å². The lowest BCUT2D eigenvalue weighted by Crippen LogP contribution is -2.34. The number of carbonyl (C=O) groups is 1. The summed E-state index contributed by atoms with van der Waals surface area (Å²) in [4.78, 5) is 39.3. The molecule has 10 heteroatoms. The van der Waals surface area contributed by atoms with E-state index in [1.165, 1.54) is 22.3 Å². The minimum absolute atomic E-state index is 0.0393. The molecule has 9 nitrogen and oxygen atoms in total. The molecule has 1 aliphatic rings. The predicted molar refractivity (Wildman–Crippen MR) is 95.8 cm³/mol. The van der Waals surface area contributed by atoms with Crippen molar-refractivity contribution < 1.29 is 4.79 Å². The normalized spacial score (nSPS) is 14.1. The molecule has 1 amide bonds. The van der Waals surface area contributed by atoms with E-state index in [2.05, 4.69) is 20.1 Å². The summed E-state index contributed by atoms with van der Waals surface area (Å²) in [5.74, 6) is 1.47. The molecule has 0 aromatic carbocycles. The molecule has 26 heavy (non-hydrogen) atoms. The van der Waals surface area contributed by atoms with E-state index in [-0.39, 0.29) is 17.2 Å². The zero-order chi connectivity index (χ0) is 18.3. The lowest BCUT2D eigenvalue weighted by molar-refractivity contribution is -0.129. The van der Waals surface area contributed by atoms with Crippen molar-refractivity contribution in [2.75, 3.05) is 5.75 Å². The zero-order valence-electron chi connectivity index (χ0n) is 14.5. The zero-order valence-corrected chi connectivity index (χ0v) is 15.4. The summed E-state index contributed by atoms with van der Waals surface area (Å²) in [5.41, 5.74) is 0.400. The first kappa shape index (κ1) is 16.8. The lowest BCUT2D eigenvalue weighted by Gasteiger charge is -2.21. The summed E-state index contributed by atoms with van der Waals surface area (Å²) in [6.07, 6.45) is 5.68. The molecule has 1 saturated carbocycles. The molecule has 0 aliphatic heterocycles. The van der Waals surface area contributed by atoms with Crippen LogP contribution in [0.4, 0.5) is 0 Å². The summed E-state index contributed by atoms with van der Waals surface area (Å²) in [6.45, 7) is 2.26. The largest absolute Gasteiger partial charge is 0.337 e. The standard InChI is InChI=1S/C16H19N7O2S/c1-10-7-13(24)23-15(18-10)19-16(20-23)26-9-14(25)22(11-3-4-11)8-12-17-5-6-21(12)2/h5-7,11H,3-4,8-9H2,1-2H3,(H,18,19,20). The molecule has 0 unspecified atom stereocenters. The van der Waals surface area contributed by atoms with Gasteiger partial charge in [0, 0.05) is 37.2 Å². The number of aromatic nitrogens is 6. The quantitative estimate of drug-likeness (QED) is 0.640. The first-order chi connectivity index (χ1) is 12.5. The van der Waals surface area contributed by atoms with Gasteiger partial charge in [-0.3, -0.25) is 14.7 Å². The van der Waals surface area contributed by atoms with Crippen LogP contribution in [0.25, 0.3) is 5.78 Å². The number of nitrogens with zero attached hydrogens (tertiary/aromatic N) is 6. The fourth-order valence-corrected chi connectivity index (χ4v) is 3.49. The number of carbonyl (C=O) groups excluding carboxylic acids is 1. The number of hydrogen-bond acceptors (Lipinski definition) is 6. The maximum absolute atomic E-state index is 12.7. The fourth-order valence-electron chi connectivity index (χ4n) is 2.76. The number of nitrogens with one attached hydrogen (secondary N) is 1. The number of aryl methyl sites for hydroxylation is 2. The Labute approximate surface area is 153 Å². The van der Waals surface area contributed by atoms with Crippen LogP contribution in [0.5, 0.6) is 0 Å². The Morgan fingerprint density at radius 1 is 1.42 bits per heavy atom. The smallest absolute Gasteiger partial charge is 0.274 e. The van der Waals surface area contributed by atoms with Gasteiger partial charge in [-0.2, -0.15) is 9.50 Å². The molecule has 3 aromatic heterocycles. The SMILES string of the molecule is Cc1cc(=O)n2[nH]c(SCC(=O)N(Cc3nccn3C)C3CC3)nc2n1. The number of H-pyrrole nitrogens is 1. The second kappa shape index (κ2) is 6.60. The van der Waals surface area contributed by atoms with Gasteiger partial charge >= 0.3 is 0 Å². The molecule has 3 aromatic rings. The molecule has 0 radical (unpaired) electrons. The molecule has 136 valence electrons.